The Bertz CT molecular complexity index is 2010. The van der Waals surface area contributed by atoms with E-state index in [1.807, 2.05) is 13.8 Å². The standard InChI is InChI=1S/C42H67N13O13S/c1-21(2)17-24(43)34(60)53-29(19-56)37(63)54-30(20-69)38(64)50-26(12-14-33(45)59)40(66)55-16-4-6-31(55)39(65)52-28(18-22-7-9-23(57)10-8-22)36(62)49-25(11-13-32(44)58)35(61)51-27(41(67)68)5-3-15-48-42(46)47/h7-10,21,24-31,56-57,69H,3-6,11-20,43H2,1-2H3,(H2,44,58)(H2,45,59)(H,49,62)(H,50,64)(H,51,61)(H,52,65)(H,53,60)(H,54,63)(H,67,68)(H4,46,47,48)/t24-,25-,26-,27-,28-,29-,30-,31-/m0/s1. The molecule has 0 radical (unpaired) electrons. The topological polar surface area (TPSA) is 449 Å². The number of carboxylic acids is 1. The number of aromatic hydroxyl groups is 1. The van der Waals surface area contributed by atoms with Gasteiger partial charge in [0, 0.05) is 38.1 Å². The van der Waals surface area contributed by atoms with E-state index in [0.29, 0.717) is 5.56 Å². The fourth-order valence-electron chi connectivity index (χ4n) is 7.08. The van der Waals surface area contributed by atoms with Crippen LogP contribution in [0.3, 0.4) is 0 Å². The maximum absolute atomic E-state index is 14.2. The summed E-state index contributed by atoms with van der Waals surface area (Å²) >= 11 is 4.15. The summed E-state index contributed by atoms with van der Waals surface area (Å²) < 4.78 is 0. The van der Waals surface area contributed by atoms with E-state index >= 15 is 0 Å². The molecule has 26 nitrogen and oxygen atoms in total. The van der Waals surface area contributed by atoms with Crippen molar-refractivity contribution in [2.45, 2.75) is 126 Å². The number of rotatable bonds is 30. The third kappa shape index (κ3) is 20.6. The van der Waals surface area contributed by atoms with Gasteiger partial charge in [0.25, 0.3) is 0 Å². The zero-order valence-corrected chi connectivity index (χ0v) is 39.5. The number of hydrogen-bond acceptors (Lipinski definition) is 15. The number of guanidine groups is 1. The Balaban J connectivity index is 2.38. The number of aliphatic hydroxyl groups is 1. The lowest BCUT2D eigenvalue weighted by molar-refractivity contribution is -0.143. The minimum atomic E-state index is -1.55. The van der Waals surface area contributed by atoms with Crippen molar-refractivity contribution >= 4 is 77.7 Å². The average molecular weight is 994 g/mol. The van der Waals surface area contributed by atoms with Gasteiger partial charge in [-0.15, -0.1) is 0 Å². The van der Waals surface area contributed by atoms with E-state index in [-0.39, 0.29) is 87.8 Å². The molecule has 9 amide bonds. The first-order valence-electron chi connectivity index (χ1n) is 22.2. The minimum absolute atomic E-state index is 0.0235. The van der Waals surface area contributed by atoms with E-state index < -0.39 is 127 Å². The van der Waals surface area contributed by atoms with Crippen LogP contribution in [0.15, 0.2) is 29.3 Å². The summed E-state index contributed by atoms with van der Waals surface area (Å²) in [6, 6.07) is -5.65. The number of phenols is 1. The molecular weight excluding hydrogens is 927 g/mol. The van der Waals surface area contributed by atoms with Crippen LogP contribution in [0.25, 0.3) is 0 Å². The number of amides is 9. The normalized spacial score (nSPS) is 16.3. The van der Waals surface area contributed by atoms with Crippen molar-refractivity contribution < 1.29 is 63.3 Å². The number of carboxylic acid groups (broad SMARTS) is 1. The lowest BCUT2D eigenvalue weighted by atomic mass is 10.0. The second-order valence-electron chi connectivity index (χ2n) is 16.8. The predicted octanol–water partition coefficient (Wildman–Crippen LogP) is -5.20. The van der Waals surface area contributed by atoms with Crippen LogP contribution in [0.1, 0.15) is 77.2 Å². The first kappa shape index (κ1) is 58.4. The quantitative estimate of drug-likeness (QED) is 0.0148. The molecule has 1 aromatic carbocycles. The molecule has 27 heteroatoms. The smallest absolute Gasteiger partial charge is 0.326 e. The van der Waals surface area contributed by atoms with Gasteiger partial charge in [0.15, 0.2) is 5.96 Å². The van der Waals surface area contributed by atoms with Gasteiger partial charge in [0.1, 0.15) is 48.0 Å². The molecule has 0 spiro atoms. The van der Waals surface area contributed by atoms with Gasteiger partial charge in [-0.2, -0.15) is 12.6 Å². The van der Waals surface area contributed by atoms with E-state index in [2.05, 4.69) is 49.5 Å². The number of aliphatic imine (C=N–C) groups is 1. The monoisotopic (exact) mass is 993 g/mol. The molecule has 1 heterocycles. The molecule has 1 saturated heterocycles. The summed E-state index contributed by atoms with van der Waals surface area (Å²) in [7, 11) is 0. The van der Waals surface area contributed by atoms with Crippen molar-refractivity contribution in [3.05, 3.63) is 29.8 Å². The van der Waals surface area contributed by atoms with Gasteiger partial charge in [0.05, 0.1) is 12.6 Å². The summed E-state index contributed by atoms with van der Waals surface area (Å²) in [5, 5.41) is 44.1. The fourth-order valence-corrected chi connectivity index (χ4v) is 7.34. The number of carbonyl (C=O) groups is 10. The van der Waals surface area contributed by atoms with Crippen molar-refractivity contribution in [3.63, 3.8) is 0 Å². The molecule has 19 N–H and O–H groups in total. The highest BCUT2D eigenvalue weighted by Gasteiger charge is 2.40. The number of benzene rings is 1. The second-order valence-corrected chi connectivity index (χ2v) is 17.2. The minimum Gasteiger partial charge on any atom is -0.508 e. The number of phenolic OH excluding ortho intramolecular Hbond substituents is 1. The number of aliphatic carboxylic acids is 1. The van der Waals surface area contributed by atoms with Crippen molar-refractivity contribution in [1.82, 2.24) is 36.8 Å². The zero-order valence-electron chi connectivity index (χ0n) is 38.6. The molecule has 1 aliphatic heterocycles. The van der Waals surface area contributed by atoms with Gasteiger partial charge < -0.3 is 80.8 Å². The van der Waals surface area contributed by atoms with Crippen molar-refractivity contribution in [1.29, 1.82) is 0 Å². The Hall–Kier alpha value is -6.74. The first-order valence-corrected chi connectivity index (χ1v) is 22.8. The van der Waals surface area contributed by atoms with Crippen LogP contribution in [-0.2, 0) is 54.4 Å². The molecule has 0 unspecified atom stereocenters. The van der Waals surface area contributed by atoms with Gasteiger partial charge in [0.2, 0.25) is 53.2 Å². The third-order valence-corrected chi connectivity index (χ3v) is 11.1. The van der Waals surface area contributed by atoms with Gasteiger partial charge in [-0.3, -0.25) is 48.1 Å². The second kappa shape index (κ2) is 29.2. The number of nitrogens with two attached hydrogens (primary N) is 5. The zero-order chi connectivity index (χ0) is 52.0. The highest BCUT2D eigenvalue weighted by atomic mass is 32.1. The molecule has 1 aliphatic rings. The number of aliphatic hydroxyl groups excluding tert-OH is 1. The lowest BCUT2D eigenvalue weighted by Crippen LogP contribution is -2.60. The summed E-state index contributed by atoms with van der Waals surface area (Å²) in [6.45, 7) is 2.84. The molecule has 8 atom stereocenters. The van der Waals surface area contributed by atoms with Crippen LogP contribution in [0.4, 0.5) is 0 Å². The molecule has 384 valence electrons. The molecule has 0 bridgehead atoms. The van der Waals surface area contributed by atoms with E-state index in [4.69, 9.17) is 28.7 Å². The first-order chi connectivity index (χ1) is 32.5. The van der Waals surface area contributed by atoms with Gasteiger partial charge in [-0.05, 0) is 68.6 Å². The van der Waals surface area contributed by atoms with Crippen LogP contribution in [0.5, 0.6) is 5.75 Å². The number of likely N-dealkylation sites (tertiary alicyclic amines) is 1. The third-order valence-electron chi connectivity index (χ3n) is 10.7. The summed E-state index contributed by atoms with van der Waals surface area (Å²) in [5.41, 5.74) is 27.7. The number of nitrogens with zero attached hydrogens (tertiary/aromatic N) is 2. The summed E-state index contributed by atoms with van der Waals surface area (Å²) in [4.78, 5) is 136. The molecule has 0 aliphatic carbocycles. The fraction of sp³-hybridized carbons (Fsp3) is 0.595. The van der Waals surface area contributed by atoms with Crippen LogP contribution in [0.2, 0.25) is 0 Å². The highest BCUT2D eigenvalue weighted by Crippen LogP contribution is 2.21. The SMILES string of the molecule is CC(C)C[C@H](N)C(=O)N[C@@H](CO)C(=O)N[C@@H](CS)C(=O)N[C@@H](CCC(N)=O)C(=O)N1CCC[C@H]1C(=O)N[C@@H](Cc1ccc(O)cc1)C(=O)N[C@@H](CCC(N)=O)C(=O)N[C@@H](CCCN=C(N)N)C(=O)O. The Morgan fingerprint density at radius 1 is 0.725 bits per heavy atom. The number of carbonyl (C=O) groups excluding carboxylic acids is 9. The van der Waals surface area contributed by atoms with Crippen LogP contribution >= 0.6 is 12.6 Å². The number of nitrogens with one attached hydrogen (secondary N) is 6. The molecule has 2 rings (SSSR count). The highest BCUT2D eigenvalue weighted by molar-refractivity contribution is 7.80. The summed E-state index contributed by atoms with van der Waals surface area (Å²) in [6.07, 6.45) is -1.15. The molecule has 69 heavy (non-hydrogen) atoms. The van der Waals surface area contributed by atoms with Crippen LogP contribution in [0, 0.1) is 5.92 Å². The lowest BCUT2D eigenvalue weighted by Gasteiger charge is -2.31. The number of thiol groups is 1. The van der Waals surface area contributed by atoms with Crippen molar-refractivity contribution in [3.8, 4) is 5.75 Å². The van der Waals surface area contributed by atoms with Crippen LogP contribution < -0.4 is 60.6 Å². The maximum atomic E-state index is 14.2. The predicted molar refractivity (Wildman–Crippen MR) is 251 cm³/mol. The van der Waals surface area contributed by atoms with E-state index in [0.717, 1.165) is 4.90 Å². The number of primary amides is 2. The molecule has 0 saturated carbocycles. The maximum Gasteiger partial charge on any atom is 0.326 e. The summed E-state index contributed by atoms with van der Waals surface area (Å²) in [5.74, 6) is -10.0. The van der Waals surface area contributed by atoms with Gasteiger partial charge >= 0.3 is 5.97 Å². The van der Waals surface area contributed by atoms with Crippen molar-refractivity contribution in [2.24, 2.45) is 39.6 Å². The molecule has 1 aromatic rings. The molecule has 0 aromatic heterocycles. The Morgan fingerprint density at radius 3 is 1.80 bits per heavy atom. The Kier molecular flexibility index (Phi) is 24.7. The number of hydrogen-bond donors (Lipinski definition) is 15. The Labute approximate surface area is 403 Å². The average Bonchev–Trinajstić information content (AvgIpc) is 3.78. The van der Waals surface area contributed by atoms with Gasteiger partial charge in [-0.1, -0.05) is 26.0 Å². The van der Waals surface area contributed by atoms with E-state index in [9.17, 15) is 63.3 Å². The van der Waals surface area contributed by atoms with E-state index in [1.54, 1.807) is 0 Å². The van der Waals surface area contributed by atoms with Gasteiger partial charge in [-0.25, -0.2) is 4.79 Å². The van der Waals surface area contributed by atoms with E-state index in [1.165, 1.54) is 24.3 Å². The van der Waals surface area contributed by atoms with Crippen molar-refractivity contribution in [2.75, 3.05) is 25.4 Å². The largest absolute Gasteiger partial charge is 0.508 e. The molecular formula is C42H67N13O13S. The Morgan fingerprint density at radius 2 is 1.25 bits per heavy atom. The van der Waals surface area contributed by atoms with Crippen LogP contribution in [-0.4, -0.2) is 159 Å². The molecule has 1 fully saturated rings.